The summed E-state index contributed by atoms with van der Waals surface area (Å²) in [4.78, 5) is 24.4. The van der Waals surface area contributed by atoms with E-state index in [0.29, 0.717) is 52.9 Å². The highest BCUT2D eigenvalue weighted by atomic mass is 19.1. The number of carbonyl (C=O) groups excluding carboxylic acids is 1. The number of halogens is 1. The summed E-state index contributed by atoms with van der Waals surface area (Å²) in [7, 11) is 3.10. The Morgan fingerprint density at radius 2 is 1.88 bits per heavy atom. The molecule has 0 radical (unpaired) electrons. The van der Waals surface area contributed by atoms with Gasteiger partial charge < -0.3 is 20.5 Å². The molecule has 1 atom stereocenters. The molecule has 1 amide bonds. The van der Waals surface area contributed by atoms with E-state index in [1.54, 1.807) is 30.3 Å². The second-order valence-corrected chi connectivity index (χ2v) is 10.7. The van der Waals surface area contributed by atoms with Crippen LogP contribution in [0.5, 0.6) is 5.88 Å². The van der Waals surface area contributed by atoms with E-state index in [-0.39, 0.29) is 11.7 Å². The van der Waals surface area contributed by atoms with Crippen LogP contribution in [0.1, 0.15) is 31.9 Å². The molecule has 5 aromatic rings. The standard InChI is InChI=1S/C24H20FN7O.C6H13NO2/c1-33-21-8-10-31(30-21)20-7-6-19-24(29-20)32(23(28-19)18-3-2-9-27-22(18)26)17-5-4-14-11-16(25)12-15(14)13-17;1-6(2,3)9-5(8)7-4/h2-10,13,16H,11-12H2,1H3,(H2,26,27);1-4H3,(H,7,8). The number of hydrogen-bond donors (Lipinski definition) is 2. The van der Waals surface area contributed by atoms with Crippen molar-refractivity contribution < 1.29 is 18.7 Å². The number of benzene rings is 1. The van der Waals surface area contributed by atoms with Gasteiger partial charge >= 0.3 is 6.09 Å². The fourth-order valence-electron chi connectivity index (χ4n) is 4.67. The van der Waals surface area contributed by atoms with E-state index in [2.05, 4.69) is 15.4 Å². The van der Waals surface area contributed by atoms with Crippen molar-refractivity contribution in [3.8, 4) is 28.8 Å². The number of carbonyl (C=O) groups is 1. The van der Waals surface area contributed by atoms with E-state index in [4.69, 9.17) is 25.2 Å². The number of hydrogen-bond acceptors (Lipinski definition) is 8. The molecule has 12 heteroatoms. The lowest BCUT2D eigenvalue weighted by Crippen LogP contribution is -2.30. The Balaban J connectivity index is 0.000000342. The van der Waals surface area contributed by atoms with Crippen LogP contribution in [0.3, 0.4) is 0 Å². The average molecular weight is 573 g/mol. The molecule has 1 aliphatic rings. The van der Waals surface area contributed by atoms with Gasteiger partial charge in [0.1, 0.15) is 23.1 Å². The maximum Gasteiger partial charge on any atom is 0.407 e. The van der Waals surface area contributed by atoms with Crippen molar-refractivity contribution in [2.24, 2.45) is 0 Å². The molecule has 6 rings (SSSR count). The smallest absolute Gasteiger partial charge is 0.407 e. The summed E-state index contributed by atoms with van der Waals surface area (Å²) >= 11 is 0. The van der Waals surface area contributed by atoms with Gasteiger partial charge in [0.25, 0.3) is 0 Å². The van der Waals surface area contributed by atoms with Crippen LogP contribution in [-0.2, 0) is 17.6 Å². The van der Waals surface area contributed by atoms with Gasteiger partial charge in [-0.2, -0.15) is 0 Å². The second-order valence-electron chi connectivity index (χ2n) is 10.7. The highest BCUT2D eigenvalue weighted by Gasteiger charge is 2.24. The van der Waals surface area contributed by atoms with Crippen molar-refractivity contribution in [2.75, 3.05) is 19.9 Å². The van der Waals surface area contributed by atoms with E-state index in [1.807, 2.05) is 67.8 Å². The fourth-order valence-corrected chi connectivity index (χ4v) is 4.67. The van der Waals surface area contributed by atoms with Crippen LogP contribution in [0.15, 0.2) is 60.9 Å². The summed E-state index contributed by atoms with van der Waals surface area (Å²) in [5.74, 6) is 2.10. The molecule has 0 saturated carbocycles. The minimum Gasteiger partial charge on any atom is -0.480 e. The molecule has 4 aromatic heterocycles. The Morgan fingerprint density at radius 3 is 2.55 bits per heavy atom. The molecular weight excluding hydrogens is 539 g/mol. The molecule has 1 aliphatic carbocycles. The van der Waals surface area contributed by atoms with Crippen molar-refractivity contribution in [3.05, 3.63) is 72.1 Å². The average Bonchev–Trinajstić information content (AvgIpc) is 3.67. The zero-order chi connectivity index (χ0) is 30.0. The van der Waals surface area contributed by atoms with Gasteiger partial charge in [-0.05, 0) is 68.3 Å². The number of pyridine rings is 2. The van der Waals surface area contributed by atoms with Gasteiger partial charge in [-0.25, -0.2) is 28.8 Å². The first-order valence-corrected chi connectivity index (χ1v) is 13.4. The predicted molar refractivity (Wildman–Crippen MR) is 158 cm³/mol. The molecule has 0 saturated heterocycles. The lowest BCUT2D eigenvalue weighted by Gasteiger charge is -2.18. The highest BCUT2D eigenvalue weighted by molar-refractivity contribution is 5.83. The number of fused-ring (bicyclic) bond motifs is 2. The molecule has 4 heterocycles. The Kier molecular flexibility index (Phi) is 7.79. The molecule has 1 unspecified atom stereocenters. The second kappa shape index (κ2) is 11.5. The molecule has 1 aromatic carbocycles. The predicted octanol–water partition coefficient (Wildman–Crippen LogP) is 4.84. The number of methoxy groups -OCH3 is 1. The number of alkyl halides is 1. The SMILES string of the molecule is CNC(=O)OC(C)(C)C.COc1ccn(-c2ccc3nc(-c4cccnc4N)n(-c4ccc5c(c4)CC(F)C5)c3n2)n1. The maximum atomic E-state index is 14.0. The Hall–Kier alpha value is -5.00. The Bertz CT molecular complexity index is 1740. The Labute approximate surface area is 242 Å². The van der Waals surface area contributed by atoms with E-state index < -0.39 is 6.17 Å². The summed E-state index contributed by atoms with van der Waals surface area (Å²) in [6.45, 7) is 5.46. The number of ether oxygens (including phenoxy) is 2. The summed E-state index contributed by atoms with van der Waals surface area (Å²) in [6, 6.07) is 15.2. The summed E-state index contributed by atoms with van der Waals surface area (Å²) < 4.78 is 27.7. The van der Waals surface area contributed by atoms with Crippen LogP contribution in [-0.4, -0.2) is 61.3 Å². The number of nitrogens with one attached hydrogen (secondary N) is 1. The van der Waals surface area contributed by atoms with Gasteiger partial charge in [-0.15, -0.1) is 5.10 Å². The monoisotopic (exact) mass is 572 g/mol. The minimum atomic E-state index is -0.845. The largest absolute Gasteiger partial charge is 0.480 e. The van der Waals surface area contributed by atoms with Crippen LogP contribution in [0.25, 0.3) is 34.1 Å². The molecule has 11 nitrogen and oxygen atoms in total. The van der Waals surface area contributed by atoms with Gasteiger partial charge in [-0.3, -0.25) is 4.57 Å². The molecule has 3 N–H and O–H groups in total. The van der Waals surface area contributed by atoms with Crippen molar-refractivity contribution in [2.45, 2.75) is 45.4 Å². The third-order valence-electron chi connectivity index (χ3n) is 6.51. The molecule has 0 spiro atoms. The molecule has 218 valence electrons. The van der Waals surface area contributed by atoms with Gasteiger partial charge in [0.15, 0.2) is 17.3 Å². The number of anilines is 1. The quantitative estimate of drug-likeness (QED) is 0.313. The number of imidazole rings is 1. The summed E-state index contributed by atoms with van der Waals surface area (Å²) in [5.41, 5.74) is 10.7. The van der Waals surface area contributed by atoms with E-state index in [0.717, 1.165) is 16.8 Å². The fraction of sp³-hybridized carbons (Fsp3) is 0.300. The van der Waals surface area contributed by atoms with Gasteiger partial charge in [0.05, 0.1) is 12.7 Å². The Morgan fingerprint density at radius 1 is 1.10 bits per heavy atom. The van der Waals surface area contributed by atoms with Crippen LogP contribution in [0.4, 0.5) is 15.0 Å². The van der Waals surface area contributed by atoms with Crippen molar-refractivity contribution in [1.29, 1.82) is 0 Å². The van der Waals surface area contributed by atoms with Crippen molar-refractivity contribution >= 4 is 23.1 Å². The first kappa shape index (κ1) is 28.5. The molecular formula is C30H33FN8O3. The lowest BCUT2D eigenvalue weighted by atomic mass is 10.1. The maximum absolute atomic E-state index is 14.0. The molecule has 0 aliphatic heterocycles. The first-order chi connectivity index (χ1) is 20.1. The first-order valence-electron chi connectivity index (χ1n) is 13.4. The number of amides is 1. The lowest BCUT2D eigenvalue weighted by molar-refractivity contribution is 0.0541. The number of nitrogens with zero attached hydrogens (tertiary/aromatic N) is 6. The summed E-state index contributed by atoms with van der Waals surface area (Å²) in [5, 5.41) is 6.73. The van der Waals surface area contributed by atoms with Crippen molar-refractivity contribution in [1.82, 2.24) is 34.6 Å². The zero-order valence-electron chi connectivity index (χ0n) is 24.1. The number of aromatic nitrogens is 6. The van der Waals surface area contributed by atoms with Gasteiger partial charge in [-0.1, -0.05) is 6.07 Å². The number of nitrogens with two attached hydrogens (primary N) is 1. The number of rotatable bonds is 4. The van der Waals surface area contributed by atoms with Crippen molar-refractivity contribution in [3.63, 3.8) is 0 Å². The number of nitrogen functional groups attached to an aromatic ring is 1. The van der Waals surface area contributed by atoms with E-state index in [1.165, 1.54) is 7.05 Å². The van der Waals surface area contributed by atoms with Gasteiger partial charge in [0.2, 0.25) is 5.88 Å². The minimum absolute atomic E-state index is 0.371. The topological polar surface area (TPSA) is 135 Å². The van der Waals surface area contributed by atoms with Gasteiger partial charge in [0, 0.05) is 44.0 Å². The molecule has 0 fully saturated rings. The van der Waals surface area contributed by atoms with Crippen LogP contribution >= 0.6 is 0 Å². The van der Waals surface area contributed by atoms with E-state index in [9.17, 15) is 9.18 Å². The highest BCUT2D eigenvalue weighted by Crippen LogP contribution is 2.33. The van der Waals surface area contributed by atoms with Crippen LogP contribution in [0.2, 0.25) is 0 Å². The van der Waals surface area contributed by atoms with E-state index >= 15 is 0 Å². The summed E-state index contributed by atoms with van der Waals surface area (Å²) in [6.07, 6.45) is 3.05. The third-order valence-corrected chi connectivity index (χ3v) is 6.51. The van der Waals surface area contributed by atoms with Crippen LogP contribution in [0, 0.1) is 0 Å². The van der Waals surface area contributed by atoms with Crippen LogP contribution < -0.4 is 15.8 Å². The zero-order valence-corrected chi connectivity index (χ0v) is 24.1. The molecule has 0 bridgehead atoms. The molecule has 42 heavy (non-hydrogen) atoms. The third kappa shape index (κ3) is 6.02. The normalized spacial score (nSPS) is 14.2. The number of alkyl carbamates (subject to hydrolysis) is 1.